The normalized spacial score (nSPS) is 10.7. The van der Waals surface area contributed by atoms with E-state index in [2.05, 4.69) is 10.3 Å². The molecule has 1 N–H and O–H groups in total. The van der Waals surface area contributed by atoms with Crippen molar-refractivity contribution in [2.24, 2.45) is 0 Å². The summed E-state index contributed by atoms with van der Waals surface area (Å²) >= 11 is 0. The Morgan fingerprint density at radius 1 is 0.962 bits per heavy atom. The third-order valence-electron chi connectivity index (χ3n) is 3.66. The number of carbonyl (C=O) groups is 2. The molecule has 0 saturated carbocycles. The first-order chi connectivity index (χ1) is 12.6. The second-order valence-corrected chi connectivity index (χ2v) is 5.50. The highest BCUT2D eigenvalue weighted by Gasteiger charge is 2.11. The van der Waals surface area contributed by atoms with Gasteiger partial charge in [-0.2, -0.15) is 0 Å². The van der Waals surface area contributed by atoms with Crippen molar-refractivity contribution in [3.05, 3.63) is 102 Å². The van der Waals surface area contributed by atoms with Crippen molar-refractivity contribution in [3.63, 3.8) is 0 Å². The van der Waals surface area contributed by atoms with Gasteiger partial charge < -0.3 is 5.32 Å². The molecule has 128 valence electrons. The minimum Gasteiger partial charge on any atom is -0.322 e. The average Bonchev–Trinajstić information content (AvgIpc) is 2.68. The third kappa shape index (κ3) is 4.27. The van der Waals surface area contributed by atoms with E-state index in [-0.39, 0.29) is 11.3 Å². The number of amides is 1. The van der Waals surface area contributed by atoms with Gasteiger partial charge in [0.25, 0.3) is 5.91 Å². The summed E-state index contributed by atoms with van der Waals surface area (Å²) in [4.78, 5) is 28.2. The smallest absolute Gasteiger partial charge is 0.258 e. The van der Waals surface area contributed by atoms with Crippen LogP contribution >= 0.6 is 0 Å². The molecule has 0 fully saturated rings. The standard InChI is InChI=1S/C21H15FN2O2/c22-19-6-2-1-5-18(19)21(26)24-17-10-8-16(9-11-17)20(25)12-7-15-4-3-13-23-14-15/h1-14H,(H,24,26)/b12-7+. The summed E-state index contributed by atoms with van der Waals surface area (Å²) in [5, 5.41) is 2.61. The molecule has 1 aromatic heterocycles. The Hall–Kier alpha value is -3.60. The lowest BCUT2D eigenvalue weighted by Crippen LogP contribution is -2.13. The predicted molar refractivity (Wildman–Crippen MR) is 98.4 cm³/mol. The molecule has 1 heterocycles. The van der Waals surface area contributed by atoms with E-state index in [0.29, 0.717) is 11.3 Å². The average molecular weight is 346 g/mol. The summed E-state index contributed by atoms with van der Waals surface area (Å²) in [7, 11) is 0. The number of benzene rings is 2. The third-order valence-corrected chi connectivity index (χ3v) is 3.66. The van der Waals surface area contributed by atoms with Gasteiger partial charge in [-0.25, -0.2) is 4.39 Å². The number of nitrogens with one attached hydrogen (secondary N) is 1. The number of halogens is 1. The molecule has 0 atom stereocenters. The van der Waals surface area contributed by atoms with E-state index in [9.17, 15) is 14.0 Å². The lowest BCUT2D eigenvalue weighted by molar-refractivity contribution is 0.102. The molecular formula is C21H15FN2O2. The van der Waals surface area contributed by atoms with Crippen LogP contribution in [0.1, 0.15) is 26.3 Å². The molecule has 3 aromatic rings. The molecule has 2 aromatic carbocycles. The molecule has 5 heteroatoms. The van der Waals surface area contributed by atoms with E-state index in [1.54, 1.807) is 54.9 Å². The number of rotatable bonds is 5. The van der Waals surface area contributed by atoms with E-state index in [1.165, 1.54) is 24.3 Å². The number of allylic oxidation sites excluding steroid dienone is 1. The lowest BCUT2D eigenvalue weighted by Gasteiger charge is -2.06. The van der Waals surface area contributed by atoms with Crippen LogP contribution in [-0.2, 0) is 0 Å². The van der Waals surface area contributed by atoms with Crippen LogP contribution in [0, 0.1) is 5.82 Å². The number of pyridine rings is 1. The second-order valence-electron chi connectivity index (χ2n) is 5.50. The van der Waals surface area contributed by atoms with Gasteiger partial charge in [0.05, 0.1) is 5.56 Å². The Morgan fingerprint density at radius 2 is 1.73 bits per heavy atom. The molecule has 0 unspecified atom stereocenters. The summed E-state index contributed by atoms with van der Waals surface area (Å²) < 4.78 is 13.6. The summed E-state index contributed by atoms with van der Waals surface area (Å²) in [5.74, 6) is -1.29. The van der Waals surface area contributed by atoms with Crippen LogP contribution in [-0.4, -0.2) is 16.7 Å². The maximum absolute atomic E-state index is 13.6. The van der Waals surface area contributed by atoms with Crippen LogP contribution in [0.15, 0.2) is 79.1 Å². The van der Waals surface area contributed by atoms with Crippen LogP contribution in [0.5, 0.6) is 0 Å². The maximum Gasteiger partial charge on any atom is 0.258 e. The van der Waals surface area contributed by atoms with Gasteiger partial charge in [0.2, 0.25) is 0 Å². The van der Waals surface area contributed by atoms with Crippen LogP contribution in [0.3, 0.4) is 0 Å². The Balaban J connectivity index is 1.67. The number of aromatic nitrogens is 1. The molecule has 26 heavy (non-hydrogen) atoms. The zero-order chi connectivity index (χ0) is 18.4. The van der Waals surface area contributed by atoms with Crippen molar-refractivity contribution in [2.45, 2.75) is 0 Å². The van der Waals surface area contributed by atoms with Gasteiger partial charge >= 0.3 is 0 Å². The molecule has 0 aliphatic carbocycles. The number of nitrogens with zero attached hydrogens (tertiary/aromatic N) is 1. The van der Waals surface area contributed by atoms with Crippen LogP contribution in [0.2, 0.25) is 0 Å². The minimum absolute atomic E-state index is 0.0351. The highest BCUT2D eigenvalue weighted by atomic mass is 19.1. The zero-order valence-corrected chi connectivity index (χ0v) is 13.7. The molecular weight excluding hydrogens is 331 g/mol. The molecule has 0 bridgehead atoms. The van der Waals surface area contributed by atoms with Gasteiger partial charge in [0.1, 0.15) is 5.82 Å². The van der Waals surface area contributed by atoms with Gasteiger partial charge in [-0.15, -0.1) is 0 Å². The maximum atomic E-state index is 13.6. The number of hydrogen-bond donors (Lipinski definition) is 1. The molecule has 0 aliphatic rings. The highest BCUT2D eigenvalue weighted by molar-refractivity contribution is 6.08. The summed E-state index contributed by atoms with van der Waals surface area (Å²) in [6, 6.07) is 15.8. The molecule has 0 radical (unpaired) electrons. The molecule has 0 aliphatic heterocycles. The van der Waals surface area contributed by atoms with Crippen LogP contribution < -0.4 is 5.32 Å². The Kier molecular flexibility index (Phi) is 5.29. The first-order valence-corrected chi connectivity index (χ1v) is 7.92. The first kappa shape index (κ1) is 17.2. The van der Waals surface area contributed by atoms with E-state index < -0.39 is 11.7 Å². The van der Waals surface area contributed by atoms with Gasteiger partial charge in [-0.05, 0) is 60.2 Å². The first-order valence-electron chi connectivity index (χ1n) is 7.92. The van der Waals surface area contributed by atoms with Crippen molar-refractivity contribution < 1.29 is 14.0 Å². The summed E-state index contributed by atoms with van der Waals surface area (Å²) in [6.45, 7) is 0. The largest absolute Gasteiger partial charge is 0.322 e. The summed E-state index contributed by atoms with van der Waals surface area (Å²) in [6.07, 6.45) is 6.46. The number of ketones is 1. The zero-order valence-electron chi connectivity index (χ0n) is 13.7. The molecule has 0 saturated heterocycles. The van der Waals surface area contributed by atoms with E-state index in [4.69, 9.17) is 0 Å². The minimum atomic E-state index is -0.586. The van der Waals surface area contributed by atoms with Crippen molar-refractivity contribution in [1.82, 2.24) is 4.98 Å². The topological polar surface area (TPSA) is 59.1 Å². The molecule has 4 nitrogen and oxygen atoms in total. The van der Waals surface area contributed by atoms with Crippen molar-refractivity contribution in [3.8, 4) is 0 Å². The van der Waals surface area contributed by atoms with Crippen LogP contribution in [0.25, 0.3) is 6.08 Å². The molecule has 1 amide bonds. The molecule has 0 spiro atoms. The highest BCUT2D eigenvalue weighted by Crippen LogP contribution is 2.14. The molecule has 3 rings (SSSR count). The van der Waals surface area contributed by atoms with E-state index in [0.717, 1.165) is 5.56 Å². The quantitative estimate of drug-likeness (QED) is 0.551. The predicted octanol–water partition coefficient (Wildman–Crippen LogP) is 4.37. The van der Waals surface area contributed by atoms with Crippen molar-refractivity contribution in [2.75, 3.05) is 5.32 Å². The number of carbonyl (C=O) groups excluding carboxylic acids is 2. The summed E-state index contributed by atoms with van der Waals surface area (Å²) in [5.41, 5.74) is 1.75. The fourth-order valence-electron chi connectivity index (χ4n) is 2.30. The van der Waals surface area contributed by atoms with E-state index >= 15 is 0 Å². The number of anilines is 1. The van der Waals surface area contributed by atoms with Gasteiger partial charge in [-0.1, -0.05) is 18.2 Å². The number of hydrogen-bond acceptors (Lipinski definition) is 3. The van der Waals surface area contributed by atoms with Crippen LogP contribution in [0.4, 0.5) is 10.1 Å². The lowest BCUT2D eigenvalue weighted by atomic mass is 10.1. The SMILES string of the molecule is O=C(/C=C/c1cccnc1)c1ccc(NC(=O)c2ccccc2F)cc1. The second kappa shape index (κ2) is 7.98. The van der Waals surface area contributed by atoms with Gasteiger partial charge in [0, 0.05) is 23.6 Å². The van der Waals surface area contributed by atoms with E-state index in [1.807, 2.05) is 6.07 Å². The van der Waals surface area contributed by atoms with Gasteiger partial charge in [0.15, 0.2) is 5.78 Å². The Bertz CT molecular complexity index is 951. The van der Waals surface area contributed by atoms with Crippen molar-refractivity contribution >= 4 is 23.5 Å². The monoisotopic (exact) mass is 346 g/mol. The van der Waals surface area contributed by atoms with Crippen molar-refractivity contribution in [1.29, 1.82) is 0 Å². The fourth-order valence-corrected chi connectivity index (χ4v) is 2.30. The van der Waals surface area contributed by atoms with Gasteiger partial charge in [-0.3, -0.25) is 14.6 Å². The fraction of sp³-hybridized carbons (Fsp3) is 0. The Morgan fingerprint density at radius 3 is 2.42 bits per heavy atom. The Labute approximate surface area is 150 Å².